The molecule has 38 heavy (non-hydrogen) atoms. The van der Waals surface area contributed by atoms with Gasteiger partial charge in [0.05, 0.1) is 24.3 Å². The lowest BCUT2D eigenvalue weighted by atomic mass is 10.1. The van der Waals surface area contributed by atoms with Gasteiger partial charge in [-0.25, -0.2) is 8.78 Å². The van der Waals surface area contributed by atoms with E-state index in [0.717, 1.165) is 24.3 Å². The quantitative estimate of drug-likeness (QED) is 0.209. The average molecular weight is 559 g/mol. The van der Waals surface area contributed by atoms with Crippen molar-refractivity contribution >= 4 is 29.2 Å². The first-order valence-corrected chi connectivity index (χ1v) is 11.9. The largest absolute Gasteiger partial charge is 0.491 e. The van der Waals surface area contributed by atoms with E-state index in [2.05, 4.69) is 5.32 Å². The number of amides is 1. The second kappa shape index (κ2) is 11.8. The molecule has 0 fully saturated rings. The van der Waals surface area contributed by atoms with Gasteiger partial charge in [-0.1, -0.05) is 24.6 Å². The van der Waals surface area contributed by atoms with Gasteiger partial charge in [0.25, 0.3) is 5.91 Å². The van der Waals surface area contributed by atoms with Crippen molar-refractivity contribution < 1.29 is 41.4 Å². The number of benzene rings is 2. The molecule has 2 N–H and O–H groups in total. The molecule has 2 aromatic carbocycles. The summed E-state index contributed by atoms with van der Waals surface area (Å²) in [5.74, 6) is -4.10. The van der Waals surface area contributed by atoms with Crippen LogP contribution in [0.1, 0.15) is 53.6 Å². The highest BCUT2D eigenvalue weighted by molar-refractivity contribution is 6.32. The number of nitrogens with one attached hydrogen (secondary N) is 1. The number of hydrogen-bond donors (Lipinski definition) is 2. The number of halogens is 6. The van der Waals surface area contributed by atoms with E-state index in [0.29, 0.717) is 18.2 Å². The van der Waals surface area contributed by atoms with E-state index in [1.165, 1.54) is 6.07 Å². The number of carbonyl (C=O) groups excluding carboxylic acids is 1. The molecule has 0 unspecified atom stereocenters. The lowest BCUT2D eigenvalue weighted by Crippen LogP contribution is -2.22. The zero-order valence-corrected chi connectivity index (χ0v) is 21.1. The van der Waals surface area contributed by atoms with E-state index in [1.54, 1.807) is 10.6 Å². The molecule has 1 heterocycles. The molecule has 0 saturated heterocycles. The van der Waals surface area contributed by atoms with E-state index in [4.69, 9.17) is 21.4 Å². The predicted molar refractivity (Wildman–Crippen MR) is 131 cm³/mol. The first-order valence-electron chi connectivity index (χ1n) is 11.5. The van der Waals surface area contributed by atoms with Crippen molar-refractivity contribution in [1.29, 1.82) is 0 Å². The van der Waals surface area contributed by atoms with Gasteiger partial charge in [-0.05, 0) is 43.2 Å². The third-order valence-corrected chi connectivity index (χ3v) is 6.20. The molecular formula is C26H24ClF5N2O4. The number of nitrogens with zero attached hydrogens (tertiary/aromatic N) is 1. The third kappa shape index (κ3) is 6.83. The summed E-state index contributed by atoms with van der Waals surface area (Å²) in [4.78, 5) is 24.2. The Hall–Kier alpha value is -3.60. The number of carboxylic acid groups (broad SMARTS) is 1. The molecule has 0 aliphatic rings. The molecule has 1 aromatic heterocycles. The number of carboxylic acids is 1. The predicted octanol–water partition coefficient (Wildman–Crippen LogP) is 6.91. The van der Waals surface area contributed by atoms with Crippen LogP contribution in [0.5, 0.6) is 5.75 Å². The number of aliphatic carboxylic acids is 1. The molecule has 0 saturated carbocycles. The molecular weight excluding hydrogens is 535 g/mol. The van der Waals surface area contributed by atoms with E-state index >= 15 is 0 Å². The second-order valence-electron chi connectivity index (χ2n) is 8.54. The van der Waals surface area contributed by atoms with Crippen LogP contribution in [0.25, 0.3) is 0 Å². The fraction of sp³-hybridized carbons (Fsp3) is 0.308. The summed E-state index contributed by atoms with van der Waals surface area (Å²) in [5.41, 5.74) is -0.933. The van der Waals surface area contributed by atoms with Gasteiger partial charge in [0.2, 0.25) is 0 Å². The van der Waals surface area contributed by atoms with Crippen molar-refractivity contribution in [2.24, 2.45) is 0 Å². The summed E-state index contributed by atoms with van der Waals surface area (Å²) in [6, 6.07) is 7.13. The van der Waals surface area contributed by atoms with Gasteiger partial charge in [0.15, 0.2) is 0 Å². The van der Waals surface area contributed by atoms with E-state index in [9.17, 15) is 31.5 Å². The number of alkyl halides is 3. The fourth-order valence-electron chi connectivity index (χ4n) is 3.90. The summed E-state index contributed by atoms with van der Waals surface area (Å²) >= 11 is 5.82. The summed E-state index contributed by atoms with van der Waals surface area (Å²) in [6.45, 7) is 3.62. The van der Waals surface area contributed by atoms with Gasteiger partial charge < -0.3 is 19.7 Å². The zero-order chi connectivity index (χ0) is 28.2. The Balaban J connectivity index is 1.87. The number of rotatable bonds is 10. The molecule has 3 aromatic rings. The third-order valence-electron chi connectivity index (χ3n) is 5.84. The Morgan fingerprint density at radius 3 is 2.47 bits per heavy atom. The maximum Gasteiger partial charge on any atom is 0.418 e. The molecule has 0 radical (unpaired) electrons. The molecule has 1 amide bonds. The molecule has 3 rings (SSSR count). The van der Waals surface area contributed by atoms with Crippen molar-refractivity contribution in [3.05, 3.63) is 81.6 Å². The smallest absolute Gasteiger partial charge is 0.418 e. The summed E-state index contributed by atoms with van der Waals surface area (Å²) in [6.07, 6.45) is -4.55. The minimum atomic E-state index is -4.79. The number of carbonyl (C=O) groups is 2. The molecule has 1 atom stereocenters. The van der Waals surface area contributed by atoms with Crippen molar-refractivity contribution in [3.8, 4) is 5.75 Å². The van der Waals surface area contributed by atoms with Gasteiger partial charge in [0, 0.05) is 30.3 Å². The maximum atomic E-state index is 13.7. The summed E-state index contributed by atoms with van der Waals surface area (Å²) in [7, 11) is 0. The minimum Gasteiger partial charge on any atom is -0.491 e. The summed E-state index contributed by atoms with van der Waals surface area (Å²) < 4.78 is 75.0. The number of aromatic nitrogens is 1. The fourth-order valence-corrected chi connectivity index (χ4v) is 4.06. The van der Waals surface area contributed by atoms with Gasteiger partial charge in [-0.2, -0.15) is 13.2 Å². The molecule has 0 aliphatic heterocycles. The van der Waals surface area contributed by atoms with Crippen LogP contribution in [0.3, 0.4) is 0 Å². The Bertz CT molecular complexity index is 1340. The number of ether oxygens (including phenoxy) is 1. The van der Waals surface area contributed by atoms with E-state index in [-0.39, 0.29) is 41.1 Å². The molecule has 0 bridgehead atoms. The standard InChI is InChI=1S/C26H24ClF5N2O4/c1-3-14(2)34-17(8-9-38-22-13-16(28)12-19(29)24(22)27)5-7-21(34)25(37)33-20-10-15(11-23(35)36)4-6-18(20)26(30,31)32/h4-7,10,12-14H,3,8-9,11H2,1-2H3,(H,33,37)(H,35,36)/t14-/m0/s1. The van der Waals surface area contributed by atoms with Crippen LogP contribution in [0.2, 0.25) is 5.02 Å². The van der Waals surface area contributed by atoms with Crippen LogP contribution in [0, 0.1) is 11.6 Å². The highest BCUT2D eigenvalue weighted by Gasteiger charge is 2.34. The zero-order valence-electron chi connectivity index (χ0n) is 20.3. The highest BCUT2D eigenvalue weighted by atomic mass is 35.5. The first-order chi connectivity index (χ1) is 17.8. The van der Waals surface area contributed by atoms with Crippen LogP contribution < -0.4 is 10.1 Å². The van der Waals surface area contributed by atoms with Crippen LogP contribution in [0.15, 0.2) is 42.5 Å². The lowest BCUT2D eigenvalue weighted by Gasteiger charge is -2.20. The topological polar surface area (TPSA) is 80.6 Å². The van der Waals surface area contributed by atoms with Crippen LogP contribution in [-0.2, 0) is 23.8 Å². The molecule has 204 valence electrons. The van der Waals surface area contributed by atoms with Gasteiger partial charge in [-0.3, -0.25) is 9.59 Å². The Kier molecular flexibility index (Phi) is 9.03. The minimum absolute atomic E-state index is 0.0560. The monoisotopic (exact) mass is 558 g/mol. The first kappa shape index (κ1) is 29.0. The van der Waals surface area contributed by atoms with Crippen molar-refractivity contribution in [2.75, 3.05) is 11.9 Å². The van der Waals surface area contributed by atoms with E-state index in [1.807, 2.05) is 13.8 Å². The molecule has 6 nitrogen and oxygen atoms in total. The van der Waals surface area contributed by atoms with E-state index < -0.39 is 47.4 Å². The van der Waals surface area contributed by atoms with Crippen molar-refractivity contribution in [1.82, 2.24) is 4.57 Å². The summed E-state index contributed by atoms with van der Waals surface area (Å²) in [5, 5.41) is 10.9. The Morgan fingerprint density at radius 1 is 1.13 bits per heavy atom. The van der Waals surface area contributed by atoms with Crippen LogP contribution >= 0.6 is 11.6 Å². The van der Waals surface area contributed by atoms with Gasteiger partial charge in [-0.15, -0.1) is 0 Å². The molecule has 12 heteroatoms. The maximum absolute atomic E-state index is 13.7. The highest BCUT2D eigenvalue weighted by Crippen LogP contribution is 2.36. The Labute approximate surface area is 220 Å². The van der Waals surface area contributed by atoms with Crippen LogP contribution in [0.4, 0.5) is 27.6 Å². The molecule has 0 spiro atoms. The van der Waals surface area contributed by atoms with Gasteiger partial charge >= 0.3 is 12.1 Å². The van der Waals surface area contributed by atoms with Gasteiger partial charge in [0.1, 0.15) is 28.1 Å². The number of anilines is 1. The van der Waals surface area contributed by atoms with Crippen LogP contribution in [-0.4, -0.2) is 28.2 Å². The number of hydrogen-bond acceptors (Lipinski definition) is 3. The SMILES string of the molecule is CC[C@H](C)n1c(CCOc2cc(F)cc(F)c2Cl)ccc1C(=O)Nc1cc(CC(=O)O)ccc1C(F)(F)F. The van der Waals surface area contributed by atoms with Crippen molar-refractivity contribution in [3.63, 3.8) is 0 Å². The second-order valence-corrected chi connectivity index (χ2v) is 8.92. The normalized spacial score (nSPS) is 12.3. The molecule has 0 aliphatic carbocycles. The van der Waals surface area contributed by atoms with Crippen molar-refractivity contribution in [2.45, 2.75) is 45.3 Å². The lowest BCUT2D eigenvalue weighted by molar-refractivity contribution is -0.137. The average Bonchev–Trinajstić information content (AvgIpc) is 3.24. The Morgan fingerprint density at radius 2 is 1.84 bits per heavy atom.